The number of amides is 1. The van der Waals surface area contributed by atoms with Gasteiger partial charge >= 0.3 is 0 Å². The molecule has 0 fully saturated rings. The van der Waals surface area contributed by atoms with Crippen LogP contribution in [0.25, 0.3) is 0 Å². The number of pyridine rings is 1. The molecule has 0 bridgehead atoms. The van der Waals surface area contributed by atoms with Crippen molar-refractivity contribution in [3.05, 3.63) is 69.1 Å². The summed E-state index contributed by atoms with van der Waals surface area (Å²) in [6, 6.07) is 10.3. The zero-order valence-corrected chi connectivity index (χ0v) is 13.3. The third-order valence-electron chi connectivity index (χ3n) is 3.36. The van der Waals surface area contributed by atoms with Crippen LogP contribution < -0.4 is 10.9 Å². The molecule has 1 N–H and O–H groups in total. The number of unbranched alkanes of at least 4 members (excludes halogenated alkanes) is 1. The number of nitrogens with zero attached hydrogens (tertiary/aromatic N) is 1. The van der Waals surface area contributed by atoms with Crippen LogP contribution in [-0.4, -0.2) is 17.0 Å². The minimum Gasteiger partial charge on any atom is -0.352 e. The second kappa shape index (κ2) is 7.80. The monoisotopic (exact) mass is 318 g/mol. The highest BCUT2D eigenvalue weighted by Crippen LogP contribution is 2.15. The van der Waals surface area contributed by atoms with Crippen molar-refractivity contribution in [2.75, 3.05) is 6.54 Å². The fourth-order valence-electron chi connectivity index (χ4n) is 2.08. The summed E-state index contributed by atoms with van der Waals surface area (Å²) < 4.78 is 1.50. The number of rotatable bonds is 6. The molecular weight excluding hydrogens is 300 g/mol. The number of halogens is 1. The largest absolute Gasteiger partial charge is 0.352 e. The summed E-state index contributed by atoms with van der Waals surface area (Å²) >= 11 is 6.12. The normalized spacial score (nSPS) is 10.5. The standard InChI is InChI=1S/C17H19ClN2O2/c1-2-3-10-19-17(22)14-8-9-16(21)20(12-14)11-13-6-4-5-7-15(13)18/h4-9,12H,2-3,10-11H2,1H3,(H,19,22). The van der Waals surface area contributed by atoms with E-state index in [4.69, 9.17) is 11.6 Å². The fourth-order valence-corrected chi connectivity index (χ4v) is 2.28. The molecule has 0 atom stereocenters. The van der Waals surface area contributed by atoms with Crippen molar-refractivity contribution in [1.29, 1.82) is 0 Å². The van der Waals surface area contributed by atoms with Crippen LogP contribution in [0, 0.1) is 0 Å². The van der Waals surface area contributed by atoms with E-state index in [-0.39, 0.29) is 11.5 Å². The van der Waals surface area contributed by atoms with Crippen molar-refractivity contribution in [2.45, 2.75) is 26.3 Å². The summed E-state index contributed by atoms with van der Waals surface area (Å²) in [6.45, 7) is 3.05. The smallest absolute Gasteiger partial charge is 0.252 e. The van der Waals surface area contributed by atoms with E-state index in [1.165, 1.54) is 10.6 Å². The van der Waals surface area contributed by atoms with Crippen LogP contribution >= 0.6 is 11.6 Å². The summed E-state index contributed by atoms with van der Waals surface area (Å²) in [5, 5.41) is 3.45. The van der Waals surface area contributed by atoms with Gasteiger partial charge in [0.25, 0.3) is 11.5 Å². The van der Waals surface area contributed by atoms with Crippen LogP contribution in [0.5, 0.6) is 0 Å². The number of nitrogens with one attached hydrogen (secondary N) is 1. The van der Waals surface area contributed by atoms with Crippen LogP contribution in [0.2, 0.25) is 5.02 Å². The minimum atomic E-state index is -0.165. The van der Waals surface area contributed by atoms with Crippen molar-refractivity contribution in [2.24, 2.45) is 0 Å². The molecular formula is C17H19ClN2O2. The number of carbonyl (C=O) groups excluding carboxylic acids is 1. The Labute approximate surface area is 134 Å². The highest BCUT2D eigenvalue weighted by molar-refractivity contribution is 6.31. The minimum absolute atomic E-state index is 0.162. The molecule has 2 rings (SSSR count). The van der Waals surface area contributed by atoms with Gasteiger partial charge in [-0.05, 0) is 24.1 Å². The number of aromatic nitrogens is 1. The van der Waals surface area contributed by atoms with E-state index in [0.717, 1.165) is 18.4 Å². The third-order valence-corrected chi connectivity index (χ3v) is 3.73. The molecule has 0 aliphatic rings. The second-order valence-electron chi connectivity index (χ2n) is 5.08. The SMILES string of the molecule is CCCCNC(=O)c1ccc(=O)n(Cc2ccccc2Cl)c1. The molecule has 1 aromatic heterocycles. The van der Waals surface area contributed by atoms with Gasteiger partial charge in [0, 0.05) is 23.8 Å². The lowest BCUT2D eigenvalue weighted by Gasteiger charge is -2.10. The molecule has 1 heterocycles. The second-order valence-corrected chi connectivity index (χ2v) is 5.49. The molecule has 0 spiro atoms. The van der Waals surface area contributed by atoms with Crippen molar-refractivity contribution in [3.63, 3.8) is 0 Å². The Bertz CT molecular complexity index is 710. The van der Waals surface area contributed by atoms with Crippen molar-refractivity contribution in [3.8, 4) is 0 Å². The number of hydrogen-bond acceptors (Lipinski definition) is 2. The van der Waals surface area contributed by atoms with Gasteiger partial charge in [-0.3, -0.25) is 9.59 Å². The van der Waals surface area contributed by atoms with Gasteiger partial charge in [0.15, 0.2) is 0 Å². The van der Waals surface area contributed by atoms with Crippen LogP contribution in [0.15, 0.2) is 47.4 Å². The summed E-state index contributed by atoms with van der Waals surface area (Å²) in [5.74, 6) is -0.165. The highest BCUT2D eigenvalue weighted by atomic mass is 35.5. The van der Waals surface area contributed by atoms with Gasteiger partial charge in [-0.2, -0.15) is 0 Å². The lowest BCUT2D eigenvalue weighted by molar-refractivity contribution is 0.0952. The van der Waals surface area contributed by atoms with Gasteiger partial charge in [0.1, 0.15) is 0 Å². The van der Waals surface area contributed by atoms with Gasteiger partial charge in [0.05, 0.1) is 12.1 Å². The van der Waals surface area contributed by atoms with Crippen molar-refractivity contribution in [1.82, 2.24) is 9.88 Å². The average molecular weight is 319 g/mol. The third kappa shape index (κ3) is 4.21. The molecule has 0 unspecified atom stereocenters. The van der Waals surface area contributed by atoms with E-state index in [9.17, 15) is 9.59 Å². The molecule has 0 saturated heterocycles. The Balaban J connectivity index is 2.18. The Kier molecular flexibility index (Phi) is 5.78. The van der Waals surface area contributed by atoms with Crippen molar-refractivity contribution < 1.29 is 4.79 Å². The summed E-state index contributed by atoms with van der Waals surface area (Å²) in [7, 11) is 0. The lowest BCUT2D eigenvalue weighted by atomic mass is 10.2. The first kappa shape index (κ1) is 16.3. The number of benzene rings is 1. The molecule has 22 heavy (non-hydrogen) atoms. The lowest BCUT2D eigenvalue weighted by Crippen LogP contribution is -2.27. The van der Waals surface area contributed by atoms with Crippen LogP contribution in [-0.2, 0) is 6.54 Å². The van der Waals surface area contributed by atoms with Crippen LogP contribution in [0.3, 0.4) is 0 Å². The topological polar surface area (TPSA) is 51.1 Å². The van der Waals surface area contributed by atoms with E-state index in [1.54, 1.807) is 18.3 Å². The predicted octanol–water partition coefficient (Wildman–Crippen LogP) is 3.08. The molecule has 5 heteroatoms. The highest BCUT2D eigenvalue weighted by Gasteiger charge is 2.08. The zero-order valence-electron chi connectivity index (χ0n) is 12.5. The fraction of sp³-hybridized carbons (Fsp3) is 0.294. The number of hydrogen-bond donors (Lipinski definition) is 1. The van der Waals surface area contributed by atoms with Gasteiger partial charge in [0.2, 0.25) is 0 Å². The maximum atomic E-state index is 12.0. The van der Waals surface area contributed by atoms with E-state index in [1.807, 2.05) is 18.2 Å². The van der Waals surface area contributed by atoms with Crippen LogP contribution in [0.1, 0.15) is 35.7 Å². The quantitative estimate of drug-likeness (QED) is 0.832. The molecule has 1 amide bonds. The Hall–Kier alpha value is -2.07. The molecule has 0 saturated carbocycles. The van der Waals surface area contributed by atoms with E-state index >= 15 is 0 Å². The summed E-state index contributed by atoms with van der Waals surface area (Å²) in [4.78, 5) is 24.0. The first-order valence-electron chi connectivity index (χ1n) is 7.34. The zero-order chi connectivity index (χ0) is 15.9. The molecule has 116 valence electrons. The van der Waals surface area contributed by atoms with Gasteiger partial charge in [-0.15, -0.1) is 0 Å². The van der Waals surface area contributed by atoms with Gasteiger partial charge < -0.3 is 9.88 Å². The Morgan fingerprint density at radius 1 is 1.23 bits per heavy atom. The maximum Gasteiger partial charge on any atom is 0.252 e. The number of carbonyl (C=O) groups is 1. The van der Waals surface area contributed by atoms with Crippen molar-refractivity contribution >= 4 is 17.5 Å². The average Bonchev–Trinajstić information content (AvgIpc) is 2.51. The van der Waals surface area contributed by atoms with Gasteiger partial charge in [-0.1, -0.05) is 43.1 Å². The Morgan fingerprint density at radius 3 is 2.73 bits per heavy atom. The van der Waals surface area contributed by atoms with E-state index < -0.39 is 0 Å². The van der Waals surface area contributed by atoms with Crippen LogP contribution in [0.4, 0.5) is 0 Å². The first-order chi connectivity index (χ1) is 10.6. The molecule has 0 aliphatic heterocycles. The molecule has 2 aromatic rings. The predicted molar refractivity (Wildman–Crippen MR) is 88.5 cm³/mol. The van der Waals surface area contributed by atoms with Gasteiger partial charge in [-0.25, -0.2) is 0 Å². The molecule has 0 aliphatic carbocycles. The molecule has 0 radical (unpaired) electrons. The molecule has 1 aromatic carbocycles. The first-order valence-corrected chi connectivity index (χ1v) is 7.71. The maximum absolute atomic E-state index is 12.0. The molecule has 4 nitrogen and oxygen atoms in total. The van der Waals surface area contributed by atoms with E-state index in [0.29, 0.717) is 23.7 Å². The summed E-state index contributed by atoms with van der Waals surface area (Å²) in [6.07, 6.45) is 3.53. The summed E-state index contributed by atoms with van der Waals surface area (Å²) in [5.41, 5.74) is 1.16. The Morgan fingerprint density at radius 2 is 2.00 bits per heavy atom. The van der Waals surface area contributed by atoms with E-state index in [2.05, 4.69) is 12.2 Å².